The molecular formula is C18H21NO2. The van der Waals surface area contributed by atoms with Gasteiger partial charge in [-0.3, -0.25) is 0 Å². The predicted octanol–water partition coefficient (Wildman–Crippen LogP) is 4.20. The number of methoxy groups -OCH3 is 1. The molecule has 1 atom stereocenters. The fraction of sp³-hybridized carbons (Fsp3) is 0.333. The van der Waals surface area contributed by atoms with E-state index >= 15 is 0 Å². The molecule has 2 N–H and O–H groups in total. The first-order valence-corrected chi connectivity index (χ1v) is 7.40. The minimum absolute atomic E-state index is 0.307. The van der Waals surface area contributed by atoms with Crippen molar-refractivity contribution in [2.75, 3.05) is 12.4 Å². The van der Waals surface area contributed by atoms with Crippen LogP contribution in [0.15, 0.2) is 36.4 Å². The van der Waals surface area contributed by atoms with Crippen molar-refractivity contribution in [3.8, 4) is 11.5 Å². The standard InChI is InChI=1S/C18H21NO2/c1-12-10-15(21-2)7-9-17(12)19-18-5-3-4-13-11-14(20)6-8-16(13)18/h6-11,18-20H,3-5H2,1-2H3. The average Bonchev–Trinajstić information content (AvgIpc) is 2.49. The number of benzene rings is 2. The highest BCUT2D eigenvalue weighted by atomic mass is 16.5. The second-order valence-electron chi connectivity index (χ2n) is 5.65. The minimum Gasteiger partial charge on any atom is -0.508 e. The number of aromatic hydroxyl groups is 1. The van der Waals surface area contributed by atoms with E-state index in [0.29, 0.717) is 11.8 Å². The first kappa shape index (κ1) is 13.8. The van der Waals surface area contributed by atoms with Crippen LogP contribution in [0.25, 0.3) is 0 Å². The summed E-state index contributed by atoms with van der Waals surface area (Å²) in [6, 6.07) is 12.1. The van der Waals surface area contributed by atoms with Gasteiger partial charge >= 0.3 is 0 Å². The van der Waals surface area contributed by atoms with Crippen molar-refractivity contribution < 1.29 is 9.84 Å². The summed E-state index contributed by atoms with van der Waals surface area (Å²) in [6.45, 7) is 2.09. The van der Waals surface area contributed by atoms with Crippen LogP contribution in [0.1, 0.15) is 35.6 Å². The number of nitrogens with one attached hydrogen (secondary N) is 1. The summed E-state index contributed by atoms with van der Waals surface area (Å²) < 4.78 is 5.25. The molecule has 1 aliphatic rings. The molecule has 21 heavy (non-hydrogen) atoms. The molecule has 0 bridgehead atoms. The maximum absolute atomic E-state index is 9.63. The lowest BCUT2D eigenvalue weighted by atomic mass is 9.87. The van der Waals surface area contributed by atoms with Gasteiger partial charge in [0.05, 0.1) is 13.2 Å². The van der Waals surface area contributed by atoms with Gasteiger partial charge in [0.1, 0.15) is 11.5 Å². The van der Waals surface area contributed by atoms with Gasteiger partial charge in [-0.1, -0.05) is 6.07 Å². The highest BCUT2D eigenvalue weighted by molar-refractivity contribution is 5.55. The maximum Gasteiger partial charge on any atom is 0.119 e. The molecule has 0 aliphatic heterocycles. The van der Waals surface area contributed by atoms with Crippen LogP contribution in [0.3, 0.4) is 0 Å². The molecule has 0 amide bonds. The van der Waals surface area contributed by atoms with Crippen LogP contribution < -0.4 is 10.1 Å². The van der Waals surface area contributed by atoms with Crippen molar-refractivity contribution in [3.05, 3.63) is 53.1 Å². The van der Waals surface area contributed by atoms with Gasteiger partial charge in [-0.2, -0.15) is 0 Å². The van der Waals surface area contributed by atoms with Gasteiger partial charge in [-0.15, -0.1) is 0 Å². The largest absolute Gasteiger partial charge is 0.508 e. The summed E-state index contributed by atoms with van der Waals surface area (Å²) in [5.74, 6) is 1.24. The number of anilines is 1. The Bertz CT molecular complexity index is 652. The first-order chi connectivity index (χ1) is 10.2. The molecule has 1 unspecified atom stereocenters. The number of ether oxygens (including phenoxy) is 1. The summed E-state index contributed by atoms with van der Waals surface area (Å²) in [7, 11) is 1.69. The summed E-state index contributed by atoms with van der Waals surface area (Å²) in [6.07, 6.45) is 3.30. The maximum atomic E-state index is 9.63. The van der Waals surface area contributed by atoms with Crippen molar-refractivity contribution in [1.82, 2.24) is 0 Å². The molecule has 3 heteroatoms. The number of hydrogen-bond acceptors (Lipinski definition) is 3. The summed E-state index contributed by atoms with van der Waals surface area (Å²) in [5, 5.41) is 13.3. The number of hydrogen-bond donors (Lipinski definition) is 2. The Morgan fingerprint density at radius 1 is 1.19 bits per heavy atom. The second-order valence-corrected chi connectivity index (χ2v) is 5.65. The SMILES string of the molecule is COc1ccc(NC2CCCc3cc(O)ccc32)c(C)c1. The van der Waals surface area contributed by atoms with E-state index in [0.717, 1.165) is 30.7 Å². The predicted molar refractivity (Wildman–Crippen MR) is 85.1 cm³/mol. The molecule has 3 rings (SSSR count). The van der Waals surface area contributed by atoms with Gasteiger partial charge < -0.3 is 15.2 Å². The van der Waals surface area contributed by atoms with Crippen LogP contribution in [-0.4, -0.2) is 12.2 Å². The molecule has 2 aromatic rings. The average molecular weight is 283 g/mol. The molecule has 0 fully saturated rings. The Morgan fingerprint density at radius 3 is 2.81 bits per heavy atom. The Morgan fingerprint density at radius 2 is 2.05 bits per heavy atom. The van der Waals surface area contributed by atoms with Gasteiger partial charge in [-0.05, 0) is 73.2 Å². The lowest BCUT2D eigenvalue weighted by Crippen LogP contribution is -2.17. The van der Waals surface area contributed by atoms with Gasteiger partial charge in [0.15, 0.2) is 0 Å². The zero-order valence-corrected chi connectivity index (χ0v) is 12.5. The molecule has 0 saturated heterocycles. The number of phenols is 1. The number of fused-ring (bicyclic) bond motifs is 1. The molecule has 0 radical (unpaired) electrons. The van der Waals surface area contributed by atoms with Crippen molar-refractivity contribution in [1.29, 1.82) is 0 Å². The Labute approximate surface area is 125 Å². The molecule has 0 heterocycles. The third kappa shape index (κ3) is 2.82. The van der Waals surface area contributed by atoms with Crippen LogP contribution in [0, 0.1) is 6.92 Å². The second kappa shape index (κ2) is 5.68. The van der Waals surface area contributed by atoms with Crippen molar-refractivity contribution in [2.24, 2.45) is 0 Å². The monoisotopic (exact) mass is 283 g/mol. The molecule has 0 saturated carbocycles. The third-order valence-electron chi connectivity index (χ3n) is 4.20. The summed E-state index contributed by atoms with van der Waals surface area (Å²) in [5.41, 5.74) is 4.88. The zero-order valence-electron chi connectivity index (χ0n) is 12.5. The van der Waals surface area contributed by atoms with Gasteiger partial charge in [0.25, 0.3) is 0 Å². The first-order valence-electron chi connectivity index (χ1n) is 7.40. The van der Waals surface area contributed by atoms with E-state index in [-0.39, 0.29) is 0 Å². The zero-order chi connectivity index (χ0) is 14.8. The molecule has 110 valence electrons. The van der Waals surface area contributed by atoms with E-state index < -0.39 is 0 Å². The van der Waals surface area contributed by atoms with Crippen molar-refractivity contribution in [2.45, 2.75) is 32.2 Å². The summed E-state index contributed by atoms with van der Waals surface area (Å²) in [4.78, 5) is 0. The van der Waals surface area contributed by atoms with E-state index in [9.17, 15) is 5.11 Å². The van der Waals surface area contributed by atoms with E-state index in [1.165, 1.54) is 16.7 Å². The number of phenolic OH excluding ortho intramolecular Hbond substituents is 1. The molecule has 2 aromatic carbocycles. The molecule has 3 nitrogen and oxygen atoms in total. The normalized spacial score (nSPS) is 17.1. The lowest BCUT2D eigenvalue weighted by Gasteiger charge is -2.28. The topological polar surface area (TPSA) is 41.5 Å². The smallest absolute Gasteiger partial charge is 0.119 e. The third-order valence-corrected chi connectivity index (χ3v) is 4.20. The molecular weight excluding hydrogens is 262 g/mol. The Kier molecular flexibility index (Phi) is 3.74. The van der Waals surface area contributed by atoms with Crippen LogP contribution in [0.4, 0.5) is 5.69 Å². The van der Waals surface area contributed by atoms with Crippen LogP contribution in [-0.2, 0) is 6.42 Å². The van der Waals surface area contributed by atoms with Gasteiger partial charge in [-0.25, -0.2) is 0 Å². The molecule has 0 spiro atoms. The van der Waals surface area contributed by atoms with Crippen LogP contribution >= 0.6 is 0 Å². The molecule has 1 aliphatic carbocycles. The van der Waals surface area contributed by atoms with Crippen LogP contribution in [0.5, 0.6) is 11.5 Å². The van der Waals surface area contributed by atoms with E-state index in [2.05, 4.69) is 18.3 Å². The van der Waals surface area contributed by atoms with E-state index in [1.807, 2.05) is 24.3 Å². The quantitative estimate of drug-likeness (QED) is 0.887. The Balaban J connectivity index is 1.87. The van der Waals surface area contributed by atoms with Gasteiger partial charge in [0, 0.05) is 5.69 Å². The lowest BCUT2D eigenvalue weighted by molar-refractivity contribution is 0.414. The number of rotatable bonds is 3. The van der Waals surface area contributed by atoms with Crippen molar-refractivity contribution in [3.63, 3.8) is 0 Å². The van der Waals surface area contributed by atoms with Crippen LogP contribution in [0.2, 0.25) is 0 Å². The van der Waals surface area contributed by atoms with E-state index in [4.69, 9.17) is 4.74 Å². The molecule has 0 aromatic heterocycles. The minimum atomic E-state index is 0.307. The summed E-state index contributed by atoms with van der Waals surface area (Å²) >= 11 is 0. The van der Waals surface area contributed by atoms with E-state index in [1.54, 1.807) is 13.2 Å². The Hall–Kier alpha value is -2.16. The van der Waals surface area contributed by atoms with Gasteiger partial charge in [0.2, 0.25) is 0 Å². The highest BCUT2D eigenvalue weighted by Gasteiger charge is 2.20. The fourth-order valence-corrected chi connectivity index (χ4v) is 3.06. The fourth-order valence-electron chi connectivity index (χ4n) is 3.06. The highest BCUT2D eigenvalue weighted by Crippen LogP contribution is 2.35. The van der Waals surface area contributed by atoms with Crippen molar-refractivity contribution >= 4 is 5.69 Å². The number of aryl methyl sites for hydroxylation is 2.